The van der Waals surface area contributed by atoms with Gasteiger partial charge in [0.1, 0.15) is 0 Å². The van der Waals surface area contributed by atoms with Crippen molar-refractivity contribution in [3.8, 4) is 0 Å². The number of aromatic carboxylic acids is 1. The number of nitrogens with zero attached hydrogens (tertiary/aromatic N) is 2. The highest BCUT2D eigenvalue weighted by Gasteiger charge is 2.37. The molecule has 1 aromatic heterocycles. The number of hydrogen-bond acceptors (Lipinski definition) is 3. The quantitative estimate of drug-likeness (QED) is 0.864. The lowest BCUT2D eigenvalue weighted by Gasteiger charge is -2.42. The van der Waals surface area contributed by atoms with E-state index in [-0.39, 0.29) is 5.56 Å². The van der Waals surface area contributed by atoms with Crippen molar-refractivity contribution in [1.29, 1.82) is 0 Å². The normalized spacial score (nSPS) is 17.3. The Morgan fingerprint density at radius 2 is 1.90 bits per heavy atom. The van der Waals surface area contributed by atoms with E-state index in [4.69, 9.17) is 23.2 Å². The maximum absolute atomic E-state index is 11.9. The molecule has 0 saturated carbocycles. The van der Waals surface area contributed by atoms with Crippen molar-refractivity contribution in [2.45, 2.75) is 18.8 Å². The average molecular weight is 323 g/mol. The van der Waals surface area contributed by atoms with Crippen LogP contribution in [0, 0.1) is 0 Å². The number of aromatic nitrogens is 1. The highest BCUT2D eigenvalue weighted by Crippen LogP contribution is 2.47. The second-order valence-corrected chi connectivity index (χ2v) is 6.35. The molecule has 4 heterocycles. The van der Waals surface area contributed by atoms with Crippen molar-refractivity contribution in [2.24, 2.45) is 0 Å². The molecule has 1 saturated heterocycles. The molecule has 0 spiro atoms. The number of pyridine rings is 1. The minimum Gasteiger partial charge on any atom is -0.478 e. The molecule has 1 N–H and O–H groups in total. The van der Waals surface area contributed by atoms with Gasteiger partial charge in [-0.2, -0.15) is 0 Å². The monoisotopic (exact) mass is 322 g/mol. The molecule has 6 heteroatoms. The number of benzene rings is 1. The molecule has 2 aromatic rings. The van der Waals surface area contributed by atoms with Gasteiger partial charge < -0.3 is 10.0 Å². The van der Waals surface area contributed by atoms with E-state index in [9.17, 15) is 9.90 Å². The van der Waals surface area contributed by atoms with Crippen LogP contribution in [0.1, 0.15) is 34.8 Å². The van der Waals surface area contributed by atoms with Crippen LogP contribution in [0.2, 0.25) is 10.0 Å². The second-order valence-electron chi connectivity index (χ2n) is 5.54. The largest absolute Gasteiger partial charge is 0.478 e. The number of anilines is 1. The first kappa shape index (κ1) is 13.2. The molecule has 108 valence electrons. The Morgan fingerprint density at radius 1 is 1.24 bits per heavy atom. The number of piperidine rings is 1. The number of halogens is 2. The van der Waals surface area contributed by atoms with Gasteiger partial charge in [-0.15, -0.1) is 0 Å². The minimum atomic E-state index is -0.977. The molecule has 21 heavy (non-hydrogen) atoms. The van der Waals surface area contributed by atoms with Crippen LogP contribution in [0.15, 0.2) is 12.1 Å². The smallest absolute Gasteiger partial charge is 0.338 e. The number of rotatable bonds is 1. The molecule has 0 unspecified atom stereocenters. The Kier molecular flexibility index (Phi) is 2.81. The van der Waals surface area contributed by atoms with Gasteiger partial charge in [0, 0.05) is 24.4 Å². The maximum atomic E-state index is 11.9. The summed E-state index contributed by atoms with van der Waals surface area (Å²) in [4.78, 5) is 18.7. The summed E-state index contributed by atoms with van der Waals surface area (Å²) >= 11 is 12.5. The van der Waals surface area contributed by atoms with E-state index in [1.165, 1.54) is 0 Å². The summed E-state index contributed by atoms with van der Waals surface area (Å²) in [6.45, 7) is 1.76. The third-order valence-corrected chi connectivity index (χ3v) is 5.07. The molecular weight excluding hydrogens is 311 g/mol. The van der Waals surface area contributed by atoms with Gasteiger partial charge in [-0.25, -0.2) is 9.78 Å². The highest BCUT2D eigenvalue weighted by molar-refractivity contribution is 6.41. The summed E-state index contributed by atoms with van der Waals surface area (Å²) in [7, 11) is 0. The van der Waals surface area contributed by atoms with Gasteiger partial charge in [-0.1, -0.05) is 23.2 Å². The molecule has 1 aromatic carbocycles. The predicted molar refractivity (Wildman–Crippen MR) is 82.9 cm³/mol. The van der Waals surface area contributed by atoms with Crippen molar-refractivity contribution >= 4 is 45.8 Å². The number of fused-ring (bicyclic) bond motifs is 3. The zero-order valence-corrected chi connectivity index (χ0v) is 12.6. The van der Waals surface area contributed by atoms with Gasteiger partial charge in [0.25, 0.3) is 0 Å². The topological polar surface area (TPSA) is 53.4 Å². The van der Waals surface area contributed by atoms with Crippen LogP contribution >= 0.6 is 23.2 Å². The summed E-state index contributed by atoms with van der Waals surface area (Å²) in [5.41, 5.74) is 2.34. The van der Waals surface area contributed by atoms with Gasteiger partial charge in [-0.3, -0.25) is 0 Å². The van der Waals surface area contributed by atoms with E-state index >= 15 is 0 Å². The summed E-state index contributed by atoms with van der Waals surface area (Å²) in [5, 5.41) is 11.0. The van der Waals surface area contributed by atoms with Crippen LogP contribution in [0.5, 0.6) is 0 Å². The summed E-state index contributed by atoms with van der Waals surface area (Å²) in [5.74, 6) is -0.655. The number of carboxylic acid groups (broad SMARTS) is 1. The van der Waals surface area contributed by atoms with Crippen LogP contribution in [0.4, 0.5) is 5.69 Å². The van der Waals surface area contributed by atoms with Crippen molar-refractivity contribution < 1.29 is 9.90 Å². The van der Waals surface area contributed by atoms with Crippen LogP contribution in [0.25, 0.3) is 10.9 Å². The number of carboxylic acids is 1. The fourth-order valence-corrected chi connectivity index (χ4v) is 3.94. The first-order valence-electron chi connectivity index (χ1n) is 6.87. The van der Waals surface area contributed by atoms with Crippen molar-refractivity contribution in [1.82, 2.24) is 4.98 Å². The molecule has 0 radical (unpaired) electrons. The summed E-state index contributed by atoms with van der Waals surface area (Å²) in [6.07, 6.45) is 2.03. The first-order valence-corrected chi connectivity index (χ1v) is 7.63. The van der Waals surface area contributed by atoms with Crippen LogP contribution in [-0.4, -0.2) is 29.1 Å². The van der Waals surface area contributed by atoms with Gasteiger partial charge in [0.2, 0.25) is 0 Å². The zero-order chi connectivity index (χ0) is 14.7. The fourth-order valence-electron chi connectivity index (χ4n) is 3.50. The molecule has 5 rings (SSSR count). The predicted octanol–water partition coefficient (Wildman–Crippen LogP) is 3.94. The van der Waals surface area contributed by atoms with Crippen molar-refractivity contribution in [3.63, 3.8) is 0 Å². The Morgan fingerprint density at radius 3 is 2.57 bits per heavy atom. The Hall–Kier alpha value is -1.52. The first-order chi connectivity index (χ1) is 10.1. The van der Waals surface area contributed by atoms with Gasteiger partial charge >= 0.3 is 5.97 Å². The SMILES string of the molecule is O=C(O)c1c2c(nc3c(Cl)ccc(Cl)c13)C1CCN2CC1. The van der Waals surface area contributed by atoms with Crippen LogP contribution in [-0.2, 0) is 0 Å². The van der Waals surface area contributed by atoms with E-state index in [1.807, 2.05) is 0 Å². The molecular formula is C15H12Cl2N2O2. The lowest BCUT2D eigenvalue weighted by Crippen LogP contribution is -2.40. The average Bonchev–Trinajstić information content (AvgIpc) is 2.50. The van der Waals surface area contributed by atoms with E-state index in [2.05, 4.69) is 9.88 Å². The summed E-state index contributed by atoms with van der Waals surface area (Å²) in [6, 6.07) is 3.29. The minimum absolute atomic E-state index is 0.243. The molecule has 0 aliphatic carbocycles. The van der Waals surface area contributed by atoms with Gasteiger partial charge in [0.05, 0.1) is 32.5 Å². The standard InChI is InChI=1S/C15H12Cl2N2O2/c16-8-1-2-9(17)13-10(8)11(15(20)21)14-12(18-13)7-3-5-19(14)6-4-7/h1-2,7H,3-6H2,(H,20,21). The zero-order valence-electron chi connectivity index (χ0n) is 11.1. The second kappa shape index (κ2) is 4.49. The maximum Gasteiger partial charge on any atom is 0.338 e. The van der Waals surface area contributed by atoms with E-state index in [0.29, 0.717) is 26.9 Å². The van der Waals surface area contributed by atoms with Crippen LogP contribution in [0.3, 0.4) is 0 Å². The van der Waals surface area contributed by atoms with Crippen molar-refractivity contribution in [2.75, 3.05) is 18.0 Å². The van der Waals surface area contributed by atoms with Gasteiger partial charge in [0.15, 0.2) is 0 Å². The Balaban J connectivity index is 2.20. The lowest BCUT2D eigenvalue weighted by atomic mass is 9.84. The van der Waals surface area contributed by atoms with Gasteiger partial charge in [-0.05, 0) is 25.0 Å². The molecule has 2 bridgehead atoms. The van der Waals surface area contributed by atoms with Crippen molar-refractivity contribution in [3.05, 3.63) is 33.4 Å². The number of carbonyl (C=O) groups is 1. The number of hydrogen-bond donors (Lipinski definition) is 1. The fraction of sp³-hybridized carbons (Fsp3) is 0.333. The Labute approximate surface area is 131 Å². The molecule has 3 aliphatic heterocycles. The van der Waals surface area contributed by atoms with E-state index in [1.54, 1.807) is 12.1 Å². The van der Waals surface area contributed by atoms with E-state index in [0.717, 1.165) is 37.3 Å². The third-order valence-electron chi connectivity index (χ3n) is 4.45. The highest BCUT2D eigenvalue weighted by atomic mass is 35.5. The Bertz CT molecular complexity index is 783. The van der Waals surface area contributed by atoms with Crippen LogP contribution < -0.4 is 4.90 Å². The van der Waals surface area contributed by atoms with E-state index < -0.39 is 5.97 Å². The molecule has 3 aliphatic rings. The molecule has 4 nitrogen and oxygen atoms in total. The summed E-state index contributed by atoms with van der Waals surface area (Å²) < 4.78 is 0. The lowest BCUT2D eigenvalue weighted by molar-refractivity contribution is 0.0699. The third kappa shape index (κ3) is 1.75. The molecule has 0 amide bonds. The molecule has 0 atom stereocenters. The molecule has 1 fully saturated rings.